The summed E-state index contributed by atoms with van der Waals surface area (Å²) < 4.78 is 0. The number of nitrogens with zero attached hydrogens (tertiary/aromatic N) is 1. The average Bonchev–Trinajstić information content (AvgIpc) is 2.23. The molecule has 1 unspecified atom stereocenters. The Balaban J connectivity index is 2.12. The highest BCUT2D eigenvalue weighted by atomic mass is 16.4. The molecule has 1 aromatic carbocycles. The lowest BCUT2D eigenvalue weighted by Crippen LogP contribution is -2.47. The molecule has 1 aliphatic heterocycles. The summed E-state index contributed by atoms with van der Waals surface area (Å²) in [6, 6.07) is 9.95. The lowest BCUT2D eigenvalue weighted by molar-refractivity contribution is -0.139. The number of hydrogen-bond acceptors (Lipinski definition) is 2. The van der Waals surface area contributed by atoms with Crippen LogP contribution in [0.3, 0.4) is 0 Å². The molecule has 16 heavy (non-hydrogen) atoms. The molecule has 2 rings (SSSR count). The topological polar surface area (TPSA) is 40.5 Å². The second-order valence-corrected chi connectivity index (χ2v) is 4.58. The Hall–Kier alpha value is -1.35. The fraction of sp³-hybridized carbons (Fsp3) is 0.462. The summed E-state index contributed by atoms with van der Waals surface area (Å²) in [5.41, 5.74) is 1.11. The average molecular weight is 219 g/mol. The highest BCUT2D eigenvalue weighted by Gasteiger charge is 2.31. The first kappa shape index (κ1) is 11.1. The molecule has 1 saturated heterocycles. The van der Waals surface area contributed by atoms with Gasteiger partial charge in [0.25, 0.3) is 0 Å². The summed E-state index contributed by atoms with van der Waals surface area (Å²) in [5, 5.41) is 8.95. The Kier molecular flexibility index (Phi) is 3.25. The molecule has 1 heterocycles. The quantitative estimate of drug-likeness (QED) is 0.843. The van der Waals surface area contributed by atoms with Crippen LogP contribution in [0.15, 0.2) is 30.3 Å². The Bertz CT molecular complexity index is 357. The number of likely N-dealkylation sites (tertiary alicyclic amines) is 1. The Morgan fingerprint density at radius 2 is 2.06 bits per heavy atom. The van der Waals surface area contributed by atoms with Crippen molar-refractivity contribution in [3.63, 3.8) is 0 Å². The standard InChI is InChI=1S/C13H17NO2/c1-10-8-14(9-10)12(7-13(15)16)11-5-3-2-4-6-11/h2-6,10,12H,7-9H2,1H3,(H,15,16). The second-order valence-electron chi connectivity index (χ2n) is 4.58. The third-order valence-electron chi connectivity index (χ3n) is 3.09. The molecule has 0 spiro atoms. The van der Waals surface area contributed by atoms with Crippen molar-refractivity contribution in [1.82, 2.24) is 4.90 Å². The third kappa shape index (κ3) is 2.42. The van der Waals surface area contributed by atoms with E-state index in [1.54, 1.807) is 0 Å². The number of aliphatic carboxylic acids is 1. The number of carboxylic acid groups (broad SMARTS) is 1. The predicted molar refractivity (Wildman–Crippen MR) is 62.2 cm³/mol. The molecule has 0 aliphatic carbocycles. The highest BCUT2D eigenvalue weighted by molar-refractivity contribution is 5.68. The molecule has 1 aromatic rings. The van der Waals surface area contributed by atoms with Gasteiger partial charge in [0.2, 0.25) is 0 Å². The summed E-state index contributed by atoms with van der Waals surface area (Å²) in [6.45, 7) is 4.21. The Labute approximate surface area is 95.7 Å². The fourth-order valence-electron chi connectivity index (χ4n) is 2.30. The first-order chi connectivity index (χ1) is 7.66. The van der Waals surface area contributed by atoms with Crippen LogP contribution >= 0.6 is 0 Å². The largest absolute Gasteiger partial charge is 0.481 e. The number of benzene rings is 1. The fourth-order valence-corrected chi connectivity index (χ4v) is 2.30. The summed E-state index contributed by atoms with van der Waals surface area (Å²) in [7, 11) is 0. The van der Waals surface area contributed by atoms with Crippen LogP contribution in [0.2, 0.25) is 0 Å². The molecular formula is C13H17NO2. The third-order valence-corrected chi connectivity index (χ3v) is 3.09. The molecule has 0 amide bonds. The van der Waals surface area contributed by atoms with Gasteiger partial charge in [0.05, 0.1) is 6.42 Å². The minimum absolute atomic E-state index is 0.0369. The number of hydrogen-bond donors (Lipinski definition) is 1. The molecule has 3 heteroatoms. The van der Waals surface area contributed by atoms with Crippen LogP contribution in [0.25, 0.3) is 0 Å². The first-order valence-corrected chi connectivity index (χ1v) is 5.67. The minimum atomic E-state index is -0.728. The van der Waals surface area contributed by atoms with Crippen LogP contribution in [0.4, 0.5) is 0 Å². The van der Waals surface area contributed by atoms with Gasteiger partial charge in [-0.25, -0.2) is 0 Å². The van der Waals surface area contributed by atoms with Crippen molar-refractivity contribution >= 4 is 5.97 Å². The van der Waals surface area contributed by atoms with E-state index in [0.717, 1.165) is 18.7 Å². The van der Waals surface area contributed by atoms with E-state index in [1.165, 1.54) is 0 Å². The van der Waals surface area contributed by atoms with Gasteiger partial charge in [-0.1, -0.05) is 37.3 Å². The van der Waals surface area contributed by atoms with E-state index in [4.69, 9.17) is 5.11 Å². The molecule has 0 bridgehead atoms. The molecule has 0 saturated carbocycles. The monoisotopic (exact) mass is 219 g/mol. The van der Waals surface area contributed by atoms with Crippen LogP contribution in [-0.4, -0.2) is 29.1 Å². The van der Waals surface area contributed by atoms with Crippen molar-refractivity contribution in [2.24, 2.45) is 5.92 Å². The predicted octanol–water partition coefficient (Wildman–Crippen LogP) is 2.15. The van der Waals surface area contributed by atoms with Gasteiger partial charge in [0.1, 0.15) is 0 Å². The van der Waals surface area contributed by atoms with Crippen LogP contribution in [0.5, 0.6) is 0 Å². The minimum Gasteiger partial charge on any atom is -0.481 e. The number of carbonyl (C=O) groups is 1. The molecule has 1 N–H and O–H groups in total. The zero-order chi connectivity index (χ0) is 11.5. The molecule has 3 nitrogen and oxygen atoms in total. The van der Waals surface area contributed by atoms with E-state index in [2.05, 4.69) is 11.8 Å². The van der Waals surface area contributed by atoms with Crippen LogP contribution in [-0.2, 0) is 4.79 Å². The van der Waals surface area contributed by atoms with Crippen molar-refractivity contribution in [2.75, 3.05) is 13.1 Å². The van der Waals surface area contributed by atoms with Crippen molar-refractivity contribution in [2.45, 2.75) is 19.4 Å². The van der Waals surface area contributed by atoms with Gasteiger partial charge in [0.15, 0.2) is 0 Å². The van der Waals surface area contributed by atoms with E-state index >= 15 is 0 Å². The van der Waals surface area contributed by atoms with Gasteiger partial charge in [-0.3, -0.25) is 9.69 Å². The second kappa shape index (κ2) is 4.66. The van der Waals surface area contributed by atoms with E-state index in [0.29, 0.717) is 5.92 Å². The highest BCUT2D eigenvalue weighted by Crippen LogP contribution is 2.30. The molecule has 1 aliphatic rings. The van der Waals surface area contributed by atoms with E-state index in [9.17, 15) is 4.79 Å². The summed E-state index contributed by atoms with van der Waals surface area (Å²) in [5.74, 6) is -0.0339. The summed E-state index contributed by atoms with van der Waals surface area (Å²) in [6.07, 6.45) is 0.191. The van der Waals surface area contributed by atoms with Gasteiger partial charge in [-0.2, -0.15) is 0 Å². The van der Waals surface area contributed by atoms with Crippen molar-refractivity contribution in [1.29, 1.82) is 0 Å². The van der Waals surface area contributed by atoms with Gasteiger partial charge >= 0.3 is 5.97 Å². The molecule has 0 aromatic heterocycles. The smallest absolute Gasteiger partial charge is 0.305 e. The van der Waals surface area contributed by atoms with E-state index in [-0.39, 0.29) is 12.5 Å². The molecule has 86 valence electrons. The van der Waals surface area contributed by atoms with Gasteiger partial charge in [-0.15, -0.1) is 0 Å². The normalized spacial score (nSPS) is 19.1. The van der Waals surface area contributed by atoms with Crippen molar-refractivity contribution < 1.29 is 9.90 Å². The van der Waals surface area contributed by atoms with Crippen LogP contribution in [0, 0.1) is 5.92 Å². The van der Waals surface area contributed by atoms with E-state index < -0.39 is 5.97 Å². The zero-order valence-electron chi connectivity index (χ0n) is 9.47. The Morgan fingerprint density at radius 1 is 1.44 bits per heavy atom. The van der Waals surface area contributed by atoms with Crippen molar-refractivity contribution in [3.8, 4) is 0 Å². The Morgan fingerprint density at radius 3 is 2.56 bits per heavy atom. The number of rotatable bonds is 4. The van der Waals surface area contributed by atoms with E-state index in [1.807, 2.05) is 30.3 Å². The molecular weight excluding hydrogens is 202 g/mol. The summed E-state index contributed by atoms with van der Waals surface area (Å²) in [4.78, 5) is 13.1. The SMILES string of the molecule is CC1CN(C(CC(=O)O)c2ccccc2)C1. The molecule has 0 radical (unpaired) electrons. The van der Waals surface area contributed by atoms with Gasteiger partial charge < -0.3 is 5.11 Å². The lowest BCUT2D eigenvalue weighted by Gasteiger charge is -2.42. The van der Waals surface area contributed by atoms with Crippen LogP contribution in [0.1, 0.15) is 24.9 Å². The maximum Gasteiger partial charge on any atom is 0.305 e. The maximum absolute atomic E-state index is 10.9. The summed E-state index contributed by atoms with van der Waals surface area (Å²) >= 11 is 0. The molecule has 1 fully saturated rings. The van der Waals surface area contributed by atoms with Gasteiger partial charge in [0, 0.05) is 19.1 Å². The first-order valence-electron chi connectivity index (χ1n) is 5.67. The van der Waals surface area contributed by atoms with Crippen LogP contribution < -0.4 is 0 Å². The number of carboxylic acids is 1. The zero-order valence-corrected chi connectivity index (χ0v) is 9.47. The van der Waals surface area contributed by atoms with Gasteiger partial charge in [-0.05, 0) is 11.5 Å². The maximum atomic E-state index is 10.9. The van der Waals surface area contributed by atoms with Crippen molar-refractivity contribution in [3.05, 3.63) is 35.9 Å². The lowest BCUT2D eigenvalue weighted by atomic mass is 9.94. The molecule has 1 atom stereocenters.